The largest absolute Gasteiger partial charge is 0.478 e. The first-order chi connectivity index (χ1) is 9.13. The Morgan fingerprint density at radius 2 is 1.90 bits per heavy atom. The topological polar surface area (TPSA) is 76.1 Å². The Hall–Kier alpha value is -1.11. The maximum Gasteiger partial charge on any atom is 0.331 e. The number of likely N-dealkylation sites (tertiary alicyclic amines) is 1. The van der Waals surface area contributed by atoms with Crippen molar-refractivity contribution in [3.05, 3.63) is 12.2 Å². The summed E-state index contributed by atoms with van der Waals surface area (Å²) >= 11 is 0. The van der Waals surface area contributed by atoms with Gasteiger partial charge in [0.05, 0.1) is 18.8 Å². The number of fused-ring (bicyclic) bond motifs is 2. The van der Waals surface area contributed by atoms with Crippen LogP contribution >= 0.6 is 12.4 Å². The maximum absolute atomic E-state index is 11.1. The molecule has 0 amide bonds. The van der Waals surface area contributed by atoms with E-state index in [9.17, 15) is 9.59 Å². The lowest BCUT2D eigenvalue weighted by Gasteiger charge is -2.31. The summed E-state index contributed by atoms with van der Waals surface area (Å²) in [6.45, 7) is 3.12. The van der Waals surface area contributed by atoms with Gasteiger partial charge in [0.1, 0.15) is 0 Å². The number of esters is 1. The zero-order chi connectivity index (χ0) is 13.7. The van der Waals surface area contributed by atoms with Gasteiger partial charge in [0.2, 0.25) is 0 Å². The van der Waals surface area contributed by atoms with Crippen LogP contribution in [0.4, 0.5) is 0 Å². The standard InChI is InChI=1S/C13H19NO5.ClH/c15-12(16)4-5-13(17)18-7-1-6-14-8-10-2-3-11(9-14)19-10;/h4-5,10-11H,1-3,6-9H2,(H,15,16);1H/b5-4+;. The van der Waals surface area contributed by atoms with Gasteiger partial charge < -0.3 is 14.6 Å². The molecule has 114 valence electrons. The first-order valence-corrected chi connectivity index (χ1v) is 6.59. The summed E-state index contributed by atoms with van der Waals surface area (Å²) in [6.07, 6.45) is 5.51. The molecule has 2 fully saturated rings. The number of carboxylic acid groups (broad SMARTS) is 1. The molecule has 2 saturated heterocycles. The van der Waals surface area contributed by atoms with E-state index in [4.69, 9.17) is 14.6 Å². The number of nitrogens with zero attached hydrogens (tertiary/aromatic N) is 1. The molecule has 2 atom stereocenters. The van der Waals surface area contributed by atoms with Crippen molar-refractivity contribution in [3.63, 3.8) is 0 Å². The van der Waals surface area contributed by atoms with Gasteiger partial charge in [-0.1, -0.05) is 0 Å². The van der Waals surface area contributed by atoms with Crippen LogP contribution in [0.2, 0.25) is 0 Å². The normalized spacial score (nSPS) is 25.4. The van der Waals surface area contributed by atoms with Crippen LogP contribution < -0.4 is 0 Å². The van der Waals surface area contributed by atoms with Crippen molar-refractivity contribution in [2.24, 2.45) is 0 Å². The quantitative estimate of drug-likeness (QED) is 0.445. The molecule has 0 spiro atoms. The van der Waals surface area contributed by atoms with Crippen molar-refractivity contribution in [2.75, 3.05) is 26.2 Å². The van der Waals surface area contributed by atoms with Crippen LogP contribution in [0.3, 0.4) is 0 Å². The van der Waals surface area contributed by atoms with Gasteiger partial charge >= 0.3 is 11.9 Å². The van der Waals surface area contributed by atoms with Gasteiger partial charge in [0.25, 0.3) is 0 Å². The predicted octanol–water partition coefficient (Wildman–Crippen LogP) is 0.845. The molecular weight excluding hydrogens is 286 g/mol. The molecule has 20 heavy (non-hydrogen) atoms. The summed E-state index contributed by atoms with van der Waals surface area (Å²) in [7, 11) is 0. The maximum atomic E-state index is 11.1. The van der Waals surface area contributed by atoms with Crippen LogP contribution in [0.25, 0.3) is 0 Å². The highest BCUT2D eigenvalue weighted by Gasteiger charge is 2.33. The van der Waals surface area contributed by atoms with Crippen molar-refractivity contribution in [3.8, 4) is 0 Å². The van der Waals surface area contributed by atoms with E-state index in [1.54, 1.807) is 0 Å². The molecule has 0 radical (unpaired) electrons. The van der Waals surface area contributed by atoms with Gasteiger partial charge in [0, 0.05) is 31.8 Å². The van der Waals surface area contributed by atoms with E-state index in [0.29, 0.717) is 18.8 Å². The monoisotopic (exact) mass is 305 g/mol. The van der Waals surface area contributed by atoms with Gasteiger partial charge in [-0.05, 0) is 19.3 Å². The molecule has 2 rings (SSSR count). The zero-order valence-corrected chi connectivity index (χ0v) is 12.0. The number of ether oxygens (including phenoxy) is 2. The average Bonchev–Trinajstić information content (AvgIpc) is 2.71. The Kier molecular flexibility index (Phi) is 6.98. The summed E-state index contributed by atoms with van der Waals surface area (Å²) < 4.78 is 10.6. The summed E-state index contributed by atoms with van der Waals surface area (Å²) in [5, 5.41) is 8.35. The fourth-order valence-corrected chi connectivity index (χ4v) is 2.53. The Bertz CT molecular complexity index is 362. The van der Waals surface area contributed by atoms with E-state index in [-0.39, 0.29) is 12.4 Å². The van der Waals surface area contributed by atoms with Crippen LogP contribution in [0.15, 0.2) is 12.2 Å². The van der Waals surface area contributed by atoms with Gasteiger partial charge in [-0.25, -0.2) is 9.59 Å². The van der Waals surface area contributed by atoms with Gasteiger partial charge in [-0.15, -0.1) is 12.4 Å². The van der Waals surface area contributed by atoms with Crippen molar-refractivity contribution < 1.29 is 24.2 Å². The Balaban J connectivity index is 0.00000200. The second-order valence-corrected chi connectivity index (χ2v) is 4.91. The molecule has 0 aromatic carbocycles. The minimum Gasteiger partial charge on any atom is -0.478 e. The predicted molar refractivity (Wildman–Crippen MR) is 73.9 cm³/mol. The summed E-state index contributed by atoms with van der Waals surface area (Å²) in [6, 6.07) is 0. The van der Waals surface area contributed by atoms with E-state index in [1.807, 2.05) is 0 Å². The molecule has 0 aliphatic carbocycles. The SMILES string of the molecule is Cl.O=C(O)/C=C/C(=O)OCCCN1CC2CCC(C1)O2. The first kappa shape index (κ1) is 16.9. The Labute approximate surface area is 124 Å². The number of carbonyl (C=O) groups excluding carboxylic acids is 1. The minimum atomic E-state index is -1.15. The number of rotatable bonds is 6. The third kappa shape index (κ3) is 5.48. The van der Waals surface area contributed by atoms with Crippen LogP contribution in [0, 0.1) is 0 Å². The Morgan fingerprint density at radius 3 is 2.50 bits per heavy atom. The van der Waals surface area contributed by atoms with Crippen molar-refractivity contribution in [2.45, 2.75) is 31.5 Å². The van der Waals surface area contributed by atoms with Crippen LogP contribution in [0.5, 0.6) is 0 Å². The molecule has 0 saturated carbocycles. The zero-order valence-electron chi connectivity index (χ0n) is 11.2. The summed E-state index contributed by atoms with van der Waals surface area (Å²) in [4.78, 5) is 23.6. The molecule has 2 bridgehead atoms. The van der Waals surface area contributed by atoms with Crippen molar-refractivity contribution in [1.82, 2.24) is 4.90 Å². The average molecular weight is 306 g/mol. The fourth-order valence-electron chi connectivity index (χ4n) is 2.53. The van der Waals surface area contributed by atoms with E-state index < -0.39 is 11.9 Å². The molecule has 1 N–H and O–H groups in total. The van der Waals surface area contributed by atoms with Crippen molar-refractivity contribution >= 4 is 24.3 Å². The first-order valence-electron chi connectivity index (χ1n) is 6.59. The number of aliphatic carboxylic acids is 1. The summed E-state index contributed by atoms with van der Waals surface area (Å²) in [5.41, 5.74) is 0. The van der Waals surface area contributed by atoms with Crippen molar-refractivity contribution in [1.29, 1.82) is 0 Å². The van der Waals surface area contributed by atoms with Gasteiger partial charge in [-0.2, -0.15) is 0 Å². The highest BCUT2D eigenvalue weighted by atomic mass is 35.5. The number of hydrogen-bond donors (Lipinski definition) is 1. The third-order valence-electron chi connectivity index (χ3n) is 3.34. The molecule has 7 heteroatoms. The fraction of sp³-hybridized carbons (Fsp3) is 0.692. The van der Waals surface area contributed by atoms with E-state index in [0.717, 1.165) is 51.0 Å². The molecule has 2 aliphatic heterocycles. The number of carbonyl (C=O) groups is 2. The van der Waals surface area contributed by atoms with Crippen LogP contribution in [0.1, 0.15) is 19.3 Å². The van der Waals surface area contributed by atoms with Gasteiger partial charge in [-0.3, -0.25) is 4.90 Å². The number of hydrogen-bond acceptors (Lipinski definition) is 5. The van der Waals surface area contributed by atoms with E-state index >= 15 is 0 Å². The molecule has 2 heterocycles. The number of carboxylic acids is 1. The highest BCUT2D eigenvalue weighted by molar-refractivity contribution is 5.90. The Morgan fingerprint density at radius 1 is 1.25 bits per heavy atom. The number of morpholine rings is 1. The lowest BCUT2D eigenvalue weighted by Crippen LogP contribution is -2.43. The second kappa shape index (κ2) is 8.24. The molecule has 6 nitrogen and oxygen atoms in total. The van der Waals surface area contributed by atoms with Gasteiger partial charge in [0.15, 0.2) is 0 Å². The molecular formula is C13H20ClNO5. The lowest BCUT2D eigenvalue weighted by atomic mass is 10.2. The summed E-state index contributed by atoms with van der Waals surface area (Å²) in [5.74, 6) is -1.76. The third-order valence-corrected chi connectivity index (χ3v) is 3.34. The smallest absolute Gasteiger partial charge is 0.331 e. The van der Waals surface area contributed by atoms with E-state index in [1.165, 1.54) is 0 Å². The second-order valence-electron chi connectivity index (χ2n) is 4.91. The van der Waals surface area contributed by atoms with Crippen LogP contribution in [-0.4, -0.2) is 60.4 Å². The van der Waals surface area contributed by atoms with Crippen LogP contribution in [-0.2, 0) is 19.1 Å². The molecule has 2 aliphatic rings. The minimum absolute atomic E-state index is 0. The number of halogens is 1. The molecule has 0 aromatic heterocycles. The van der Waals surface area contributed by atoms with E-state index in [2.05, 4.69) is 4.90 Å². The molecule has 0 aromatic rings. The molecule has 2 unspecified atom stereocenters. The highest BCUT2D eigenvalue weighted by Crippen LogP contribution is 2.26. The lowest BCUT2D eigenvalue weighted by molar-refractivity contribution is -0.139.